The molecule has 2 saturated heterocycles. The fourth-order valence-corrected chi connectivity index (χ4v) is 5.74. The fraction of sp³-hybridized carbons (Fsp3) is 0.783. The van der Waals surface area contributed by atoms with Crippen LogP contribution in [0.1, 0.15) is 66.7 Å². The summed E-state index contributed by atoms with van der Waals surface area (Å²) in [5.41, 5.74) is -1.51. The second-order valence-corrected chi connectivity index (χ2v) is 10.6. The van der Waals surface area contributed by atoms with Gasteiger partial charge in [-0.15, -0.1) is 0 Å². The van der Waals surface area contributed by atoms with Crippen molar-refractivity contribution in [3.63, 3.8) is 0 Å². The molecule has 4 rings (SSSR count). The number of ether oxygens (including phenoxy) is 1. The van der Waals surface area contributed by atoms with Gasteiger partial charge < -0.3 is 20.3 Å². The second-order valence-electron chi connectivity index (χ2n) is 10.6. The smallest absolute Gasteiger partial charge is 0.246 e. The molecule has 0 aromatic rings. The number of nitrogens with zero attached hydrogens (tertiary/aromatic N) is 1. The Balaban J connectivity index is 1.64. The fourth-order valence-electron chi connectivity index (χ4n) is 5.74. The van der Waals surface area contributed by atoms with E-state index in [0.29, 0.717) is 0 Å². The zero-order chi connectivity index (χ0) is 21.8. The molecule has 3 fully saturated rings. The van der Waals surface area contributed by atoms with Crippen molar-refractivity contribution in [2.75, 3.05) is 0 Å². The average Bonchev–Trinajstić information content (AvgIpc) is 3.28. The van der Waals surface area contributed by atoms with Gasteiger partial charge in [-0.05, 0) is 47.5 Å². The van der Waals surface area contributed by atoms with Crippen LogP contribution in [0.5, 0.6) is 0 Å². The average molecular weight is 418 g/mol. The van der Waals surface area contributed by atoms with E-state index in [2.05, 4.69) is 10.6 Å². The van der Waals surface area contributed by atoms with Crippen molar-refractivity contribution in [1.82, 2.24) is 15.5 Å². The standard InChI is InChI=1S/C23H35N3O4/c1-13(2)26-18(20(28)25-22(3,4)5)23-12-11-15(30-23)16(17(23)21(26)29)19(27)24-14-9-7-6-8-10-14/h11-18H,6-10H2,1-5H3,(H,24,27)(H,25,28)/t15-,16-,17+,18-,23+/m1/s1. The SMILES string of the molecule is CC(C)N1C(=O)[C@@H]2[C@H](C(=O)NC3CCCCC3)[C@H]3C=C[C@@]2(O3)[C@H]1C(=O)NC(C)(C)C. The van der Waals surface area contributed by atoms with Crippen LogP contribution in [0.15, 0.2) is 12.2 Å². The summed E-state index contributed by atoms with van der Waals surface area (Å²) in [6, 6.07) is -0.780. The number of likely N-dealkylation sites (tertiary alicyclic amines) is 1. The van der Waals surface area contributed by atoms with Crippen molar-refractivity contribution < 1.29 is 19.1 Å². The topological polar surface area (TPSA) is 87.7 Å². The van der Waals surface area contributed by atoms with Crippen LogP contribution in [0.2, 0.25) is 0 Å². The summed E-state index contributed by atoms with van der Waals surface area (Å²) in [6.45, 7) is 9.56. The second kappa shape index (κ2) is 7.36. The minimum atomic E-state index is -1.07. The van der Waals surface area contributed by atoms with E-state index in [4.69, 9.17) is 4.74 Å². The Morgan fingerprint density at radius 2 is 1.83 bits per heavy atom. The van der Waals surface area contributed by atoms with Gasteiger partial charge >= 0.3 is 0 Å². The molecule has 2 bridgehead atoms. The van der Waals surface area contributed by atoms with Crippen molar-refractivity contribution >= 4 is 17.7 Å². The van der Waals surface area contributed by atoms with Crippen LogP contribution in [0.4, 0.5) is 0 Å². The molecule has 4 aliphatic rings. The van der Waals surface area contributed by atoms with E-state index in [9.17, 15) is 14.4 Å². The molecule has 7 heteroatoms. The van der Waals surface area contributed by atoms with Crippen molar-refractivity contribution in [2.24, 2.45) is 11.8 Å². The Labute approximate surface area is 179 Å². The Morgan fingerprint density at radius 1 is 1.17 bits per heavy atom. The normalized spacial score (nSPS) is 35.8. The summed E-state index contributed by atoms with van der Waals surface area (Å²) in [4.78, 5) is 41.8. The minimum Gasteiger partial charge on any atom is -0.359 e. The summed E-state index contributed by atoms with van der Waals surface area (Å²) < 4.78 is 6.31. The predicted molar refractivity (Wildman–Crippen MR) is 112 cm³/mol. The van der Waals surface area contributed by atoms with Crippen LogP contribution < -0.4 is 10.6 Å². The van der Waals surface area contributed by atoms with Crippen LogP contribution in [0, 0.1) is 11.8 Å². The van der Waals surface area contributed by atoms with Crippen LogP contribution in [-0.2, 0) is 19.1 Å². The lowest BCUT2D eigenvalue weighted by atomic mass is 9.74. The number of rotatable bonds is 4. The van der Waals surface area contributed by atoms with Crippen molar-refractivity contribution in [2.45, 2.75) is 102 Å². The van der Waals surface area contributed by atoms with Crippen LogP contribution >= 0.6 is 0 Å². The molecular formula is C23H35N3O4. The maximum absolute atomic E-state index is 13.6. The minimum absolute atomic E-state index is 0.114. The third kappa shape index (κ3) is 3.35. The Hall–Kier alpha value is -1.89. The number of carbonyl (C=O) groups excluding carboxylic acids is 3. The molecule has 2 N–H and O–H groups in total. The van der Waals surface area contributed by atoms with E-state index >= 15 is 0 Å². The van der Waals surface area contributed by atoms with Crippen LogP contribution in [0.3, 0.4) is 0 Å². The lowest BCUT2D eigenvalue weighted by Crippen LogP contribution is -2.59. The first kappa shape index (κ1) is 21.3. The largest absolute Gasteiger partial charge is 0.359 e. The number of hydrogen-bond acceptors (Lipinski definition) is 4. The highest BCUT2D eigenvalue weighted by Gasteiger charge is 2.73. The van der Waals surface area contributed by atoms with Gasteiger partial charge in [0, 0.05) is 17.6 Å². The zero-order valence-corrected chi connectivity index (χ0v) is 18.7. The predicted octanol–water partition coefficient (Wildman–Crippen LogP) is 1.91. The third-order valence-corrected chi connectivity index (χ3v) is 6.87. The first-order valence-corrected chi connectivity index (χ1v) is 11.4. The van der Waals surface area contributed by atoms with Gasteiger partial charge in [-0.25, -0.2) is 0 Å². The highest BCUT2D eigenvalue weighted by molar-refractivity contribution is 6.00. The number of carbonyl (C=O) groups is 3. The zero-order valence-electron chi connectivity index (χ0n) is 18.7. The van der Waals surface area contributed by atoms with E-state index in [1.807, 2.05) is 46.8 Å². The lowest BCUT2D eigenvalue weighted by Gasteiger charge is -2.36. The summed E-state index contributed by atoms with van der Waals surface area (Å²) >= 11 is 0. The van der Waals surface area contributed by atoms with Crippen molar-refractivity contribution in [1.29, 1.82) is 0 Å². The van der Waals surface area contributed by atoms with Crippen LogP contribution in [0.25, 0.3) is 0 Å². The highest BCUT2D eigenvalue weighted by Crippen LogP contribution is 2.55. The number of amides is 3. The molecular weight excluding hydrogens is 382 g/mol. The molecule has 3 amide bonds. The van der Waals surface area contributed by atoms with Gasteiger partial charge in [-0.3, -0.25) is 14.4 Å². The number of nitrogens with one attached hydrogen (secondary N) is 2. The number of fused-ring (bicyclic) bond motifs is 1. The molecule has 3 aliphatic heterocycles. The summed E-state index contributed by atoms with van der Waals surface area (Å²) in [6.07, 6.45) is 8.70. The van der Waals surface area contributed by atoms with Crippen molar-refractivity contribution in [3.8, 4) is 0 Å². The molecule has 30 heavy (non-hydrogen) atoms. The van der Waals surface area contributed by atoms with E-state index in [0.717, 1.165) is 25.7 Å². The van der Waals surface area contributed by atoms with Gasteiger partial charge in [-0.2, -0.15) is 0 Å². The van der Waals surface area contributed by atoms with Gasteiger partial charge in [0.05, 0.1) is 17.9 Å². The van der Waals surface area contributed by atoms with Crippen molar-refractivity contribution in [3.05, 3.63) is 12.2 Å². The summed E-state index contributed by atoms with van der Waals surface area (Å²) in [5.74, 6) is -1.75. The van der Waals surface area contributed by atoms with Gasteiger partial charge in [0.1, 0.15) is 11.6 Å². The Kier molecular flexibility index (Phi) is 5.24. The van der Waals surface area contributed by atoms with Gasteiger partial charge in [0.15, 0.2) is 0 Å². The van der Waals surface area contributed by atoms with Gasteiger partial charge in [0.2, 0.25) is 17.7 Å². The molecule has 5 atom stereocenters. The van der Waals surface area contributed by atoms with Gasteiger partial charge in [0.25, 0.3) is 0 Å². The molecule has 0 aromatic carbocycles. The molecule has 1 saturated carbocycles. The molecule has 0 aromatic heterocycles. The molecule has 1 aliphatic carbocycles. The first-order valence-electron chi connectivity index (χ1n) is 11.4. The molecule has 7 nitrogen and oxygen atoms in total. The molecule has 1 spiro atoms. The summed E-state index contributed by atoms with van der Waals surface area (Å²) in [7, 11) is 0. The van der Waals surface area contributed by atoms with Crippen LogP contribution in [-0.4, -0.2) is 58.0 Å². The van der Waals surface area contributed by atoms with Gasteiger partial charge in [-0.1, -0.05) is 31.4 Å². The Morgan fingerprint density at radius 3 is 2.43 bits per heavy atom. The van der Waals surface area contributed by atoms with E-state index in [1.165, 1.54) is 6.42 Å². The molecule has 0 unspecified atom stereocenters. The molecule has 0 radical (unpaired) electrons. The monoisotopic (exact) mass is 417 g/mol. The van der Waals surface area contributed by atoms with E-state index in [-0.39, 0.29) is 29.8 Å². The molecule has 166 valence electrons. The number of hydrogen-bond donors (Lipinski definition) is 2. The summed E-state index contributed by atoms with van der Waals surface area (Å²) in [5, 5.41) is 6.20. The lowest BCUT2D eigenvalue weighted by molar-refractivity contribution is -0.144. The maximum Gasteiger partial charge on any atom is 0.246 e. The highest BCUT2D eigenvalue weighted by atomic mass is 16.5. The Bertz CT molecular complexity index is 765. The third-order valence-electron chi connectivity index (χ3n) is 6.87. The van der Waals surface area contributed by atoms with E-state index < -0.39 is 35.1 Å². The van der Waals surface area contributed by atoms with E-state index in [1.54, 1.807) is 4.90 Å². The molecule has 3 heterocycles. The maximum atomic E-state index is 13.6. The first-order chi connectivity index (χ1) is 14.0. The quantitative estimate of drug-likeness (QED) is 0.684.